The lowest BCUT2D eigenvalue weighted by atomic mass is 10.1. The molecule has 1 rings (SSSR count). The van der Waals surface area contributed by atoms with Gasteiger partial charge < -0.3 is 9.64 Å². The number of amides is 1. The molecule has 0 aliphatic carbocycles. The molecule has 20 heavy (non-hydrogen) atoms. The van der Waals surface area contributed by atoms with E-state index in [1.165, 1.54) is 17.0 Å². The van der Waals surface area contributed by atoms with E-state index in [0.29, 0.717) is 35.8 Å². The van der Waals surface area contributed by atoms with Gasteiger partial charge in [0.25, 0.3) is 5.69 Å². The molecule has 110 valence electrons. The van der Waals surface area contributed by atoms with Crippen LogP contribution in [0.25, 0.3) is 0 Å². The molecule has 0 saturated heterocycles. The van der Waals surface area contributed by atoms with E-state index in [2.05, 4.69) is 0 Å². The number of hydrogen-bond donors (Lipinski definition) is 0. The summed E-state index contributed by atoms with van der Waals surface area (Å²) in [6.07, 6.45) is -0.513. The molecule has 0 saturated carbocycles. The van der Waals surface area contributed by atoms with Gasteiger partial charge >= 0.3 is 6.09 Å². The number of nitrogens with zero attached hydrogens (tertiary/aromatic N) is 2. The second kappa shape index (κ2) is 7.09. The van der Waals surface area contributed by atoms with Crippen molar-refractivity contribution in [3.63, 3.8) is 0 Å². The molecular formula is C13H17ClN2O4. The fraction of sp³-hybridized carbons (Fsp3) is 0.462. The monoisotopic (exact) mass is 300 g/mol. The van der Waals surface area contributed by atoms with E-state index < -0.39 is 11.0 Å². The van der Waals surface area contributed by atoms with Gasteiger partial charge in [-0.1, -0.05) is 0 Å². The minimum atomic E-state index is -0.513. The van der Waals surface area contributed by atoms with Crippen LogP contribution in [0.15, 0.2) is 12.1 Å². The molecule has 0 radical (unpaired) electrons. The van der Waals surface area contributed by atoms with Gasteiger partial charge in [-0.05, 0) is 32.9 Å². The predicted octanol–water partition coefficient (Wildman–Crippen LogP) is 3.27. The zero-order valence-electron chi connectivity index (χ0n) is 11.7. The first kappa shape index (κ1) is 16.2. The molecule has 1 aromatic carbocycles. The summed E-state index contributed by atoms with van der Waals surface area (Å²) < 4.78 is 5.22. The molecule has 0 atom stereocenters. The Morgan fingerprint density at radius 3 is 2.35 bits per heavy atom. The summed E-state index contributed by atoms with van der Waals surface area (Å²) in [5.41, 5.74) is 0.953. The van der Waals surface area contributed by atoms with Crippen molar-refractivity contribution in [2.24, 2.45) is 0 Å². The molecule has 6 nitrogen and oxygen atoms in total. The van der Waals surface area contributed by atoms with Crippen LogP contribution < -0.4 is 4.74 Å². The number of ether oxygens (including phenoxy) is 1. The summed E-state index contributed by atoms with van der Waals surface area (Å²) in [6.45, 7) is 5.91. The topological polar surface area (TPSA) is 72.7 Å². The van der Waals surface area contributed by atoms with E-state index in [0.717, 1.165) is 0 Å². The minimum Gasteiger partial charge on any atom is -0.410 e. The van der Waals surface area contributed by atoms with Crippen LogP contribution >= 0.6 is 11.6 Å². The molecule has 7 heteroatoms. The van der Waals surface area contributed by atoms with Crippen molar-refractivity contribution < 1.29 is 14.5 Å². The molecule has 0 aliphatic heterocycles. The van der Waals surface area contributed by atoms with Crippen molar-refractivity contribution in [2.45, 2.75) is 20.8 Å². The van der Waals surface area contributed by atoms with Crippen LogP contribution in [-0.4, -0.2) is 34.9 Å². The van der Waals surface area contributed by atoms with Gasteiger partial charge in [-0.25, -0.2) is 4.79 Å². The zero-order valence-corrected chi connectivity index (χ0v) is 12.4. The maximum atomic E-state index is 11.9. The molecule has 0 spiro atoms. The molecule has 0 aliphatic rings. The first-order valence-electron chi connectivity index (χ1n) is 6.19. The molecule has 1 aromatic rings. The smallest absolute Gasteiger partial charge is 0.410 e. The molecule has 0 bridgehead atoms. The standard InChI is InChI=1S/C13H17ClN2O4/c1-4-15(6-5-14)13(17)20-11-7-9(2)12(16(18)19)10(3)8-11/h7-8H,4-6H2,1-3H3. The highest BCUT2D eigenvalue weighted by atomic mass is 35.5. The number of nitro benzene ring substituents is 1. The van der Waals surface area contributed by atoms with Gasteiger partial charge in [0.05, 0.1) is 4.92 Å². The van der Waals surface area contributed by atoms with E-state index in [4.69, 9.17) is 16.3 Å². The Morgan fingerprint density at radius 2 is 1.95 bits per heavy atom. The summed E-state index contributed by atoms with van der Waals surface area (Å²) >= 11 is 5.60. The Labute approximate surface area is 122 Å². The van der Waals surface area contributed by atoms with Gasteiger partial charge in [0.2, 0.25) is 0 Å². The number of carbonyl (C=O) groups excluding carboxylic acids is 1. The fourth-order valence-corrected chi connectivity index (χ4v) is 2.11. The Morgan fingerprint density at radius 1 is 1.40 bits per heavy atom. The zero-order chi connectivity index (χ0) is 15.3. The van der Waals surface area contributed by atoms with Crippen LogP contribution in [0.2, 0.25) is 0 Å². The molecule has 0 fully saturated rings. The average Bonchev–Trinajstić information content (AvgIpc) is 2.34. The van der Waals surface area contributed by atoms with Gasteiger partial charge in [0.1, 0.15) is 5.75 Å². The second-order valence-corrected chi connectivity index (χ2v) is 4.68. The van der Waals surface area contributed by atoms with Gasteiger partial charge in [0, 0.05) is 30.1 Å². The Hall–Kier alpha value is -1.82. The van der Waals surface area contributed by atoms with Crippen LogP contribution in [0.1, 0.15) is 18.1 Å². The number of nitro groups is 1. The van der Waals surface area contributed by atoms with E-state index in [9.17, 15) is 14.9 Å². The van der Waals surface area contributed by atoms with Crippen molar-refractivity contribution in [1.82, 2.24) is 4.90 Å². The van der Waals surface area contributed by atoms with Crippen molar-refractivity contribution in [1.29, 1.82) is 0 Å². The summed E-state index contributed by atoms with van der Waals surface area (Å²) in [5, 5.41) is 10.9. The maximum absolute atomic E-state index is 11.9. The SMILES string of the molecule is CCN(CCCl)C(=O)Oc1cc(C)c([N+](=O)[O-])c(C)c1. The summed E-state index contributed by atoms with van der Waals surface area (Å²) in [7, 11) is 0. The van der Waals surface area contributed by atoms with E-state index in [1.54, 1.807) is 13.8 Å². The molecule has 0 heterocycles. The van der Waals surface area contributed by atoms with Gasteiger partial charge in [-0.15, -0.1) is 11.6 Å². The average molecular weight is 301 g/mol. The lowest BCUT2D eigenvalue weighted by Crippen LogP contribution is -2.34. The van der Waals surface area contributed by atoms with Gasteiger partial charge in [0.15, 0.2) is 0 Å². The van der Waals surface area contributed by atoms with E-state index in [1.807, 2.05) is 6.92 Å². The van der Waals surface area contributed by atoms with E-state index >= 15 is 0 Å². The summed E-state index contributed by atoms with van der Waals surface area (Å²) in [4.78, 5) is 23.8. The number of hydrogen-bond acceptors (Lipinski definition) is 4. The Bertz CT molecular complexity index is 496. The third-order valence-corrected chi connectivity index (χ3v) is 3.02. The normalized spacial score (nSPS) is 10.2. The molecule has 1 amide bonds. The lowest BCUT2D eigenvalue weighted by Gasteiger charge is -2.19. The van der Waals surface area contributed by atoms with Crippen molar-refractivity contribution in [2.75, 3.05) is 19.0 Å². The number of benzene rings is 1. The highest BCUT2D eigenvalue weighted by molar-refractivity contribution is 6.18. The van der Waals surface area contributed by atoms with Crippen LogP contribution in [0.3, 0.4) is 0 Å². The van der Waals surface area contributed by atoms with Crippen LogP contribution in [0.4, 0.5) is 10.5 Å². The third kappa shape index (κ3) is 3.84. The highest BCUT2D eigenvalue weighted by Crippen LogP contribution is 2.28. The Balaban J connectivity index is 2.94. The summed E-state index contributed by atoms with van der Waals surface area (Å²) in [5.74, 6) is 0.616. The van der Waals surface area contributed by atoms with Gasteiger partial charge in [-0.3, -0.25) is 10.1 Å². The largest absolute Gasteiger partial charge is 0.415 e. The first-order valence-corrected chi connectivity index (χ1v) is 6.72. The van der Waals surface area contributed by atoms with Crippen molar-refractivity contribution >= 4 is 23.4 Å². The van der Waals surface area contributed by atoms with Crippen LogP contribution in [0.5, 0.6) is 5.75 Å². The number of aryl methyl sites for hydroxylation is 2. The van der Waals surface area contributed by atoms with Crippen molar-refractivity contribution in [3.05, 3.63) is 33.4 Å². The molecule has 0 aromatic heterocycles. The summed E-state index contributed by atoms with van der Waals surface area (Å²) in [6, 6.07) is 2.97. The van der Waals surface area contributed by atoms with Crippen LogP contribution in [-0.2, 0) is 0 Å². The van der Waals surface area contributed by atoms with Crippen LogP contribution in [0, 0.1) is 24.0 Å². The van der Waals surface area contributed by atoms with Crippen molar-refractivity contribution in [3.8, 4) is 5.75 Å². The number of carbonyl (C=O) groups is 1. The fourth-order valence-electron chi connectivity index (χ4n) is 1.91. The maximum Gasteiger partial charge on any atom is 0.415 e. The molecular weight excluding hydrogens is 284 g/mol. The minimum absolute atomic E-state index is 0.0397. The lowest BCUT2D eigenvalue weighted by molar-refractivity contribution is -0.386. The number of halogens is 1. The predicted molar refractivity (Wildman–Crippen MR) is 76.6 cm³/mol. The molecule has 0 N–H and O–H groups in total. The van der Waals surface area contributed by atoms with Gasteiger partial charge in [-0.2, -0.15) is 0 Å². The Kier molecular flexibility index (Phi) is 5.76. The number of alkyl halides is 1. The van der Waals surface area contributed by atoms with E-state index in [-0.39, 0.29) is 5.69 Å². The molecule has 0 unspecified atom stereocenters. The first-order chi connectivity index (χ1) is 9.40. The number of rotatable bonds is 5. The third-order valence-electron chi connectivity index (χ3n) is 2.85. The highest BCUT2D eigenvalue weighted by Gasteiger charge is 2.19. The quantitative estimate of drug-likeness (QED) is 0.475. The second-order valence-electron chi connectivity index (χ2n) is 4.30.